The Balaban J connectivity index is 1.55. The van der Waals surface area contributed by atoms with Crippen LogP contribution in [0.25, 0.3) is 33.6 Å². The van der Waals surface area contributed by atoms with Crippen LogP contribution < -0.4 is 11.1 Å². The van der Waals surface area contributed by atoms with Crippen LogP contribution in [0, 0.1) is 0 Å². The van der Waals surface area contributed by atoms with Gasteiger partial charge in [0.25, 0.3) is 0 Å². The third-order valence-corrected chi connectivity index (χ3v) is 6.87. The average molecular weight is 484 g/mol. The molecule has 1 heterocycles. The second kappa shape index (κ2) is 11.2. The monoisotopic (exact) mass is 483 g/mol. The van der Waals surface area contributed by atoms with Crippen molar-refractivity contribution < 1.29 is 0 Å². The van der Waals surface area contributed by atoms with Crippen molar-refractivity contribution in [3.8, 4) is 33.6 Å². The van der Waals surface area contributed by atoms with E-state index >= 15 is 0 Å². The zero-order valence-electron chi connectivity index (χ0n) is 21.5. The number of rotatable bonds is 8. The summed E-state index contributed by atoms with van der Waals surface area (Å²) >= 11 is 0. The largest absolute Gasteiger partial charge is 0.356 e. The third-order valence-electron chi connectivity index (χ3n) is 6.87. The molecule has 37 heavy (non-hydrogen) atoms. The average Bonchev–Trinajstić information content (AvgIpc) is 2.97. The van der Waals surface area contributed by atoms with E-state index in [2.05, 4.69) is 128 Å². The Bertz CT molecular complexity index is 1420. The van der Waals surface area contributed by atoms with Gasteiger partial charge in [-0.1, -0.05) is 86.6 Å². The number of hydrogen-bond acceptors (Lipinski definition) is 3. The first-order valence-corrected chi connectivity index (χ1v) is 13.0. The molecule has 0 spiro atoms. The van der Waals surface area contributed by atoms with Gasteiger partial charge in [0.15, 0.2) is 0 Å². The summed E-state index contributed by atoms with van der Waals surface area (Å²) in [5, 5.41) is 3.49. The molecule has 0 bridgehead atoms. The van der Waals surface area contributed by atoms with Crippen LogP contribution in [-0.4, -0.2) is 4.98 Å². The molecule has 0 saturated carbocycles. The predicted octanol–water partition coefficient (Wildman–Crippen LogP) is 8.41. The van der Waals surface area contributed by atoms with Crippen molar-refractivity contribution in [1.29, 1.82) is 0 Å². The summed E-state index contributed by atoms with van der Waals surface area (Å²) in [7, 11) is 0. The lowest BCUT2D eigenvalue weighted by atomic mass is 9.95. The highest BCUT2D eigenvalue weighted by Crippen LogP contribution is 2.33. The second-order valence-electron chi connectivity index (χ2n) is 9.25. The zero-order chi connectivity index (χ0) is 25.6. The molecule has 184 valence electrons. The van der Waals surface area contributed by atoms with E-state index in [1.165, 1.54) is 22.3 Å². The maximum absolute atomic E-state index is 5.73. The molecule has 0 aliphatic rings. The number of pyridine rings is 1. The maximum atomic E-state index is 5.73. The van der Waals surface area contributed by atoms with Gasteiger partial charge in [-0.15, -0.1) is 0 Å². The van der Waals surface area contributed by atoms with Gasteiger partial charge < -0.3 is 11.1 Å². The van der Waals surface area contributed by atoms with Crippen LogP contribution in [0.4, 0.5) is 11.4 Å². The lowest BCUT2D eigenvalue weighted by Gasteiger charge is -2.15. The Morgan fingerprint density at radius 2 is 1.08 bits per heavy atom. The Hall–Kier alpha value is -4.21. The number of nitrogens with zero attached hydrogens (tertiary/aromatic N) is 1. The number of aromatic nitrogens is 1. The molecule has 3 N–H and O–H groups in total. The highest BCUT2D eigenvalue weighted by molar-refractivity contribution is 5.79. The summed E-state index contributed by atoms with van der Waals surface area (Å²) in [6.07, 6.45) is 1.94. The van der Waals surface area contributed by atoms with Crippen LogP contribution in [0.3, 0.4) is 0 Å². The van der Waals surface area contributed by atoms with Gasteiger partial charge >= 0.3 is 0 Å². The molecule has 0 aliphatic heterocycles. The van der Waals surface area contributed by atoms with Crippen LogP contribution in [0.2, 0.25) is 0 Å². The first-order valence-electron chi connectivity index (χ1n) is 13.0. The van der Waals surface area contributed by atoms with Gasteiger partial charge in [0.05, 0.1) is 11.4 Å². The van der Waals surface area contributed by atoms with E-state index < -0.39 is 0 Å². The second-order valence-corrected chi connectivity index (χ2v) is 9.25. The molecule has 0 atom stereocenters. The molecule has 3 heteroatoms. The Kier molecular flexibility index (Phi) is 7.43. The van der Waals surface area contributed by atoms with Crippen molar-refractivity contribution in [3.63, 3.8) is 0 Å². The topological polar surface area (TPSA) is 50.9 Å². The fourth-order valence-electron chi connectivity index (χ4n) is 4.77. The van der Waals surface area contributed by atoms with Crippen molar-refractivity contribution in [1.82, 2.24) is 4.98 Å². The number of aryl methyl sites for hydroxylation is 2. The Labute approximate surface area is 220 Å². The van der Waals surface area contributed by atoms with E-state index in [-0.39, 0.29) is 0 Å². The van der Waals surface area contributed by atoms with Crippen molar-refractivity contribution in [2.45, 2.75) is 33.2 Å². The summed E-state index contributed by atoms with van der Waals surface area (Å²) in [6, 6.07) is 38.5. The smallest absolute Gasteiger partial charge is 0.0718 e. The highest BCUT2D eigenvalue weighted by Gasteiger charge is 2.13. The van der Waals surface area contributed by atoms with Gasteiger partial charge in [-0.2, -0.15) is 0 Å². The molecule has 0 fully saturated rings. The van der Waals surface area contributed by atoms with Gasteiger partial charge in [-0.25, -0.2) is 4.98 Å². The van der Waals surface area contributed by atoms with Crippen LogP contribution >= 0.6 is 0 Å². The summed E-state index contributed by atoms with van der Waals surface area (Å²) in [6.45, 7) is 4.95. The normalized spacial score (nSPS) is 10.9. The Morgan fingerprint density at radius 1 is 0.595 bits per heavy atom. The summed E-state index contributed by atoms with van der Waals surface area (Å²) in [5.74, 6) is 0. The highest BCUT2D eigenvalue weighted by atomic mass is 14.9. The van der Waals surface area contributed by atoms with Gasteiger partial charge in [0.2, 0.25) is 0 Å². The van der Waals surface area contributed by atoms with Gasteiger partial charge in [-0.3, -0.25) is 0 Å². The molecule has 3 nitrogen and oxygen atoms in total. The van der Waals surface area contributed by atoms with Crippen LogP contribution in [0.1, 0.15) is 30.5 Å². The maximum Gasteiger partial charge on any atom is 0.0718 e. The summed E-state index contributed by atoms with van der Waals surface area (Å²) in [4.78, 5) is 5.18. The fourth-order valence-corrected chi connectivity index (χ4v) is 4.77. The third kappa shape index (κ3) is 5.47. The molecule has 4 aromatic carbocycles. The number of anilines is 2. The molecule has 0 saturated heterocycles. The van der Waals surface area contributed by atoms with Crippen molar-refractivity contribution in [2.24, 2.45) is 5.73 Å². The molecule has 5 rings (SSSR count). The van der Waals surface area contributed by atoms with Crippen molar-refractivity contribution >= 4 is 11.4 Å². The fraction of sp³-hybridized carbons (Fsp3) is 0.147. The minimum Gasteiger partial charge on any atom is -0.356 e. The molecule has 0 radical (unpaired) electrons. The van der Waals surface area contributed by atoms with E-state index in [1.54, 1.807) is 0 Å². The number of nitrogens with two attached hydrogens (primary N) is 1. The molecule has 0 aliphatic carbocycles. The first kappa shape index (κ1) is 24.5. The van der Waals surface area contributed by atoms with Crippen LogP contribution in [0.5, 0.6) is 0 Å². The van der Waals surface area contributed by atoms with E-state index in [0.29, 0.717) is 6.54 Å². The van der Waals surface area contributed by atoms with Crippen LogP contribution in [-0.2, 0) is 19.4 Å². The molecular formula is C34H33N3. The van der Waals surface area contributed by atoms with E-state index in [0.717, 1.165) is 52.3 Å². The van der Waals surface area contributed by atoms with Crippen molar-refractivity contribution in [2.75, 3.05) is 5.32 Å². The van der Waals surface area contributed by atoms with E-state index in [9.17, 15) is 0 Å². The van der Waals surface area contributed by atoms with Gasteiger partial charge in [0, 0.05) is 29.0 Å². The first-order chi connectivity index (χ1) is 18.2. The number of nitrogens with one attached hydrogen (secondary N) is 1. The summed E-state index contributed by atoms with van der Waals surface area (Å²) in [5.41, 5.74) is 18.3. The minimum absolute atomic E-state index is 0.552. The quantitative estimate of drug-likeness (QED) is 0.233. The SMILES string of the molecule is CCc1ccccc1-c1cc(-c2ccc(Nc3ccc(CN)cc3)cc2)cc(-c2ccccc2CC)n1. The predicted molar refractivity (Wildman–Crippen MR) is 157 cm³/mol. The standard InChI is InChI=1S/C34H33N3/c1-3-25-9-5-7-11-31(25)33-21-28(22-34(37-33)32-12-8-6-10-26(32)4-2)27-15-19-30(20-16-27)36-29-17-13-24(23-35)14-18-29/h5-22,36H,3-4,23,35H2,1-2H3. The van der Waals surface area contributed by atoms with Gasteiger partial charge in [0.1, 0.15) is 0 Å². The van der Waals surface area contributed by atoms with E-state index in [4.69, 9.17) is 10.7 Å². The lowest BCUT2D eigenvalue weighted by molar-refractivity contribution is 1.07. The molecule has 0 unspecified atom stereocenters. The molecule has 5 aromatic rings. The lowest BCUT2D eigenvalue weighted by Crippen LogP contribution is -1.97. The molecule has 0 amide bonds. The number of hydrogen-bond donors (Lipinski definition) is 2. The number of benzene rings is 4. The Morgan fingerprint density at radius 3 is 1.57 bits per heavy atom. The molecule has 1 aromatic heterocycles. The van der Waals surface area contributed by atoms with Crippen LogP contribution in [0.15, 0.2) is 109 Å². The van der Waals surface area contributed by atoms with Crippen molar-refractivity contribution in [3.05, 3.63) is 126 Å². The zero-order valence-corrected chi connectivity index (χ0v) is 21.5. The van der Waals surface area contributed by atoms with Gasteiger partial charge in [-0.05, 0) is 77.1 Å². The van der Waals surface area contributed by atoms with E-state index in [1.807, 2.05) is 0 Å². The summed E-state index contributed by atoms with van der Waals surface area (Å²) < 4.78 is 0. The molecular weight excluding hydrogens is 450 g/mol. The minimum atomic E-state index is 0.552.